The number of fused-ring (bicyclic) bond motifs is 2. The van der Waals surface area contributed by atoms with Crippen molar-refractivity contribution in [1.29, 1.82) is 0 Å². The minimum absolute atomic E-state index is 0.000300. The molecule has 2 aliphatic rings. The first-order chi connectivity index (χ1) is 18.2. The zero-order valence-corrected chi connectivity index (χ0v) is 21.6. The molecule has 0 amide bonds. The fourth-order valence-electron chi connectivity index (χ4n) is 5.63. The van der Waals surface area contributed by atoms with Gasteiger partial charge in [0.25, 0.3) is 5.56 Å². The van der Waals surface area contributed by atoms with Crippen LogP contribution in [0.3, 0.4) is 0 Å². The van der Waals surface area contributed by atoms with Crippen molar-refractivity contribution < 1.29 is 24.8 Å². The third kappa shape index (κ3) is 5.07. The molecule has 12 nitrogen and oxygen atoms in total. The van der Waals surface area contributed by atoms with Gasteiger partial charge in [-0.25, -0.2) is 9.78 Å². The smallest absolute Gasteiger partial charge is 0.332 e. The van der Waals surface area contributed by atoms with Crippen molar-refractivity contribution >= 4 is 11.2 Å². The highest BCUT2D eigenvalue weighted by Crippen LogP contribution is 2.37. The third-order valence-corrected chi connectivity index (χ3v) is 7.58. The van der Waals surface area contributed by atoms with Crippen LogP contribution < -0.4 is 11.2 Å². The molecule has 38 heavy (non-hydrogen) atoms. The molecule has 3 aromatic rings. The molecule has 0 bridgehead atoms. The first kappa shape index (κ1) is 26.7. The summed E-state index contributed by atoms with van der Waals surface area (Å²) in [5.41, 5.74) is -0.371. The van der Waals surface area contributed by atoms with Crippen molar-refractivity contribution in [3.63, 3.8) is 0 Å². The summed E-state index contributed by atoms with van der Waals surface area (Å²) in [6, 6.07) is 9.90. The van der Waals surface area contributed by atoms with Gasteiger partial charge in [-0.05, 0) is 12.0 Å². The quantitative estimate of drug-likeness (QED) is 0.300. The largest absolute Gasteiger partial charge is 0.392 e. The van der Waals surface area contributed by atoms with Gasteiger partial charge in [-0.3, -0.25) is 18.8 Å². The Labute approximate surface area is 219 Å². The zero-order chi connectivity index (χ0) is 27.0. The average molecular weight is 530 g/mol. The number of rotatable bonds is 10. The minimum Gasteiger partial charge on any atom is -0.392 e. The topological polar surface area (TPSA) is 144 Å². The summed E-state index contributed by atoms with van der Waals surface area (Å²) in [5, 5.41) is 32.1. The molecule has 2 aromatic heterocycles. The second kappa shape index (κ2) is 10.7. The van der Waals surface area contributed by atoms with Crippen molar-refractivity contribution in [2.24, 2.45) is 14.1 Å². The van der Waals surface area contributed by atoms with E-state index in [-0.39, 0.29) is 25.2 Å². The summed E-state index contributed by atoms with van der Waals surface area (Å²) in [5.74, 6) is 0. The SMILES string of the molecule is Cn1c(=O)c2c(ncn2CCCN(Cc2ccccc2)CC(O)C[C@]2(O)CO[C@@H]3[C@H](O)CO[C@@H]32)n(C)c1=O. The van der Waals surface area contributed by atoms with E-state index in [1.807, 2.05) is 30.3 Å². The molecule has 2 fully saturated rings. The predicted octanol–water partition coefficient (Wildman–Crippen LogP) is -1.03. The van der Waals surface area contributed by atoms with Crippen LogP contribution in [0, 0.1) is 0 Å². The number of imidazole rings is 1. The molecule has 0 aliphatic carbocycles. The van der Waals surface area contributed by atoms with Gasteiger partial charge >= 0.3 is 5.69 Å². The summed E-state index contributed by atoms with van der Waals surface area (Å²) in [4.78, 5) is 31.3. The molecule has 0 saturated carbocycles. The lowest BCUT2D eigenvalue weighted by Crippen LogP contribution is -2.48. The number of hydrogen-bond donors (Lipinski definition) is 3. The van der Waals surface area contributed by atoms with Crippen LogP contribution in [-0.2, 0) is 36.7 Å². The second-order valence-electron chi connectivity index (χ2n) is 10.4. The van der Waals surface area contributed by atoms with Gasteiger partial charge < -0.3 is 29.4 Å². The Morgan fingerprint density at radius 1 is 1.18 bits per heavy atom. The lowest BCUT2D eigenvalue weighted by Gasteiger charge is -2.31. The molecule has 2 saturated heterocycles. The van der Waals surface area contributed by atoms with Crippen LogP contribution in [0.15, 0.2) is 46.2 Å². The second-order valence-corrected chi connectivity index (χ2v) is 10.4. The fraction of sp³-hybridized carbons (Fsp3) is 0.577. The Morgan fingerprint density at radius 2 is 1.95 bits per heavy atom. The Bertz CT molecular complexity index is 1390. The van der Waals surface area contributed by atoms with Gasteiger partial charge in [0.15, 0.2) is 11.2 Å². The van der Waals surface area contributed by atoms with E-state index in [2.05, 4.69) is 9.88 Å². The molecular formula is C26H35N5O7. The molecule has 4 heterocycles. The third-order valence-electron chi connectivity index (χ3n) is 7.58. The molecule has 2 aliphatic heterocycles. The molecule has 5 atom stereocenters. The number of aliphatic hydroxyl groups excluding tert-OH is 2. The summed E-state index contributed by atoms with van der Waals surface area (Å²) >= 11 is 0. The van der Waals surface area contributed by atoms with Crippen molar-refractivity contribution in [3.8, 4) is 0 Å². The molecule has 12 heteroatoms. The normalized spacial score (nSPS) is 25.9. The highest BCUT2D eigenvalue weighted by atomic mass is 16.6. The highest BCUT2D eigenvalue weighted by Gasteiger charge is 2.56. The van der Waals surface area contributed by atoms with Crippen LogP contribution in [0.5, 0.6) is 0 Å². The molecule has 206 valence electrons. The molecular weight excluding hydrogens is 494 g/mol. The number of hydrogen-bond acceptors (Lipinski definition) is 9. The minimum atomic E-state index is -1.37. The van der Waals surface area contributed by atoms with Crippen LogP contribution in [0.1, 0.15) is 18.4 Å². The maximum absolute atomic E-state index is 12.7. The lowest BCUT2D eigenvalue weighted by atomic mass is 9.90. The van der Waals surface area contributed by atoms with E-state index in [0.29, 0.717) is 43.8 Å². The molecule has 1 aromatic carbocycles. The average Bonchev–Trinajstić information content (AvgIpc) is 3.58. The van der Waals surface area contributed by atoms with Gasteiger partial charge in [0.1, 0.15) is 23.9 Å². The van der Waals surface area contributed by atoms with Gasteiger partial charge in [0.05, 0.1) is 25.6 Å². The molecule has 5 rings (SSSR count). The number of aryl methyl sites for hydroxylation is 2. The van der Waals surface area contributed by atoms with Gasteiger partial charge in [-0.15, -0.1) is 0 Å². The Kier molecular flexibility index (Phi) is 7.54. The molecule has 1 unspecified atom stereocenters. The van der Waals surface area contributed by atoms with E-state index in [4.69, 9.17) is 9.47 Å². The Morgan fingerprint density at radius 3 is 2.71 bits per heavy atom. The number of aromatic nitrogens is 4. The van der Waals surface area contributed by atoms with Crippen LogP contribution in [0.4, 0.5) is 0 Å². The maximum atomic E-state index is 12.7. The Balaban J connectivity index is 1.27. The summed E-state index contributed by atoms with van der Waals surface area (Å²) in [6.07, 6.45) is -0.591. The Hall–Kier alpha value is -2.87. The molecule has 0 spiro atoms. The van der Waals surface area contributed by atoms with Crippen molar-refractivity contribution in [3.05, 3.63) is 63.1 Å². The first-order valence-electron chi connectivity index (χ1n) is 12.9. The van der Waals surface area contributed by atoms with Gasteiger partial charge in [0.2, 0.25) is 0 Å². The maximum Gasteiger partial charge on any atom is 0.332 e. The molecule has 0 radical (unpaired) electrons. The zero-order valence-electron chi connectivity index (χ0n) is 21.6. The van der Waals surface area contributed by atoms with Crippen molar-refractivity contribution in [2.45, 2.75) is 55.9 Å². The highest BCUT2D eigenvalue weighted by molar-refractivity contribution is 5.69. The van der Waals surface area contributed by atoms with Crippen molar-refractivity contribution in [1.82, 2.24) is 23.6 Å². The van der Waals surface area contributed by atoms with Crippen LogP contribution in [0.2, 0.25) is 0 Å². The van der Waals surface area contributed by atoms with E-state index in [1.165, 1.54) is 11.6 Å². The van der Waals surface area contributed by atoms with Gasteiger partial charge in [-0.2, -0.15) is 0 Å². The number of benzene rings is 1. The summed E-state index contributed by atoms with van der Waals surface area (Å²) in [7, 11) is 3.04. The fourth-order valence-corrected chi connectivity index (χ4v) is 5.63. The predicted molar refractivity (Wildman–Crippen MR) is 138 cm³/mol. The standard InChI is InChI=1S/C26H35N5O7/c1-28-23-20(24(34)29(2)25(28)35)31(16-27-23)10-6-9-30(12-17-7-4-3-5-8-17)13-18(32)11-26(36)15-38-21-19(33)14-37-22(21)26/h3-5,7-8,16,18-19,21-22,32-33,36H,6,9-15H2,1-2H3/t18?,19-,21-,22+,26+/m1/s1. The first-order valence-corrected chi connectivity index (χ1v) is 12.9. The van der Waals surface area contributed by atoms with Gasteiger partial charge in [0, 0.05) is 46.7 Å². The summed E-state index contributed by atoms with van der Waals surface area (Å²) < 4.78 is 15.3. The number of nitrogens with zero attached hydrogens (tertiary/aromatic N) is 5. The van der Waals surface area contributed by atoms with Crippen LogP contribution in [-0.4, -0.2) is 95.2 Å². The van der Waals surface area contributed by atoms with E-state index < -0.39 is 35.7 Å². The van der Waals surface area contributed by atoms with Crippen LogP contribution in [0.25, 0.3) is 11.2 Å². The van der Waals surface area contributed by atoms with Crippen LogP contribution >= 0.6 is 0 Å². The monoisotopic (exact) mass is 529 g/mol. The van der Waals surface area contributed by atoms with E-state index >= 15 is 0 Å². The van der Waals surface area contributed by atoms with Gasteiger partial charge in [-0.1, -0.05) is 30.3 Å². The summed E-state index contributed by atoms with van der Waals surface area (Å²) in [6.45, 7) is 2.11. The lowest BCUT2D eigenvalue weighted by molar-refractivity contribution is -0.0948. The van der Waals surface area contributed by atoms with E-state index in [9.17, 15) is 24.9 Å². The number of aliphatic hydroxyl groups is 3. The van der Waals surface area contributed by atoms with Crippen molar-refractivity contribution in [2.75, 3.05) is 26.3 Å². The number of ether oxygens (including phenoxy) is 2. The van der Waals surface area contributed by atoms with E-state index in [1.54, 1.807) is 17.9 Å². The van der Waals surface area contributed by atoms with E-state index in [0.717, 1.165) is 10.1 Å². The molecule has 3 N–H and O–H groups in total.